The number of benzene rings is 2. The summed E-state index contributed by atoms with van der Waals surface area (Å²) in [4.78, 5) is 15.2. The van der Waals surface area contributed by atoms with Gasteiger partial charge in [-0.2, -0.15) is 0 Å². The highest BCUT2D eigenvalue weighted by Gasteiger charge is 2.47. The lowest BCUT2D eigenvalue weighted by molar-refractivity contribution is -0.156. The van der Waals surface area contributed by atoms with Crippen LogP contribution in [-0.4, -0.2) is 28.1 Å². The highest BCUT2D eigenvalue weighted by molar-refractivity contribution is 5.82. The van der Waals surface area contributed by atoms with Gasteiger partial charge in [-0.15, -0.1) is 0 Å². The molecular formula is C22H27NO2. The van der Waals surface area contributed by atoms with Crippen LogP contribution in [0.5, 0.6) is 0 Å². The van der Waals surface area contributed by atoms with Gasteiger partial charge in [0.15, 0.2) is 0 Å². The Morgan fingerprint density at radius 1 is 1.12 bits per heavy atom. The molecular weight excluding hydrogens is 310 g/mol. The van der Waals surface area contributed by atoms with Crippen LogP contribution < -0.4 is 0 Å². The third-order valence-corrected chi connectivity index (χ3v) is 5.42. The van der Waals surface area contributed by atoms with E-state index in [9.17, 15) is 9.90 Å². The fraction of sp³-hybridized carbons (Fsp3) is 0.409. The SMILES string of the molecule is CC[C@@H](c1ccccc1)[C@H]1C(=O)N(Cc2ccccc2)CC[C@@]1(C)O. The molecule has 132 valence electrons. The molecule has 0 spiro atoms. The lowest BCUT2D eigenvalue weighted by Gasteiger charge is -2.45. The summed E-state index contributed by atoms with van der Waals surface area (Å²) in [6, 6.07) is 20.2. The lowest BCUT2D eigenvalue weighted by Crippen LogP contribution is -2.55. The summed E-state index contributed by atoms with van der Waals surface area (Å²) < 4.78 is 0. The van der Waals surface area contributed by atoms with E-state index in [0.29, 0.717) is 19.5 Å². The van der Waals surface area contributed by atoms with Crippen LogP contribution in [0.1, 0.15) is 43.7 Å². The Balaban J connectivity index is 1.88. The first kappa shape index (κ1) is 17.7. The number of aliphatic hydroxyl groups is 1. The van der Waals surface area contributed by atoms with Crippen molar-refractivity contribution in [2.24, 2.45) is 5.92 Å². The van der Waals surface area contributed by atoms with Gasteiger partial charge >= 0.3 is 0 Å². The van der Waals surface area contributed by atoms with Crippen molar-refractivity contribution in [2.45, 2.75) is 44.8 Å². The summed E-state index contributed by atoms with van der Waals surface area (Å²) in [7, 11) is 0. The monoisotopic (exact) mass is 337 g/mol. The Bertz CT molecular complexity index is 696. The summed E-state index contributed by atoms with van der Waals surface area (Å²) in [6.45, 7) is 5.12. The molecule has 2 aromatic carbocycles. The first-order valence-corrected chi connectivity index (χ1v) is 9.13. The molecule has 1 heterocycles. The topological polar surface area (TPSA) is 40.5 Å². The molecule has 0 bridgehead atoms. The Hall–Kier alpha value is -2.13. The predicted octanol–water partition coefficient (Wildman–Crippen LogP) is 3.98. The second-order valence-electron chi connectivity index (χ2n) is 7.26. The van der Waals surface area contributed by atoms with Gasteiger partial charge in [-0.05, 0) is 36.8 Å². The molecule has 0 unspecified atom stereocenters. The number of nitrogens with zero attached hydrogens (tertiary/aromatic N) is 1. The van der Waals surface area contributed by atoms with Crippen LogP contribution in [0.2, 0.25) is 0 Å². The quantitative estimate of drug-likeness (QED) is 0.896. The minimum absolute atomic E-state index is 0.0299. The number of carbonyl (C=O) groups is 1. The van der Waals surface area contributed by atoms with E-state index >= 15 is 0 Å². The Labute approximate surface area is 150 Å². The summed E-state index contributed by atoms with van der Waals surface area (Å²) in [5.74, 6) is -0.310. The van der Waals surface area contributed by atoms with E-state index in [1.807, 2.05) is 60.4 Å². The zero-order chi connectivity index (χ0) is 17.9. The number of carbonyl (C=O) groups excluding carboxylic acids is 1. The summed E-state index contributed by atoms with van der Waals surface area (Å²) in [6.07, 6.45) is 1.44. The van der Waals surface area contributed by atoms with Crippen molar-refractivity contribution >= 4 is 5.91 Å². The number of amides is 1. The summed E-state index contributed by atoms with van der Waals surface area (Å²) >= 11 is 0. The third-order valence-electron chi connectivity index (χ3n) is 5.42. The molecule has 3 heteroatoms. The maximum Gasteiger partial charge on any atom is 0.229 e. The maximum absolute atomic E-state index is 13.3. The molecule has 1 amide bonds. The van der Waals surface area contributed by atoms with Crippen molar-refractivity contribution in [3.63, 3.8) is 0 Å². The minimum Gasteiger partial charge on any atom is -0.389 e. The average Bonchev–Trinajstić information content (AvgIpc) is 2.63. The van der Waals surface area contributed by atoms with E-state index in [4.69, 9.17) is 0 Å². The van der Waals surface area contributed by atoms with Gasteiger partial charge in [0, 0.05) is 13.1 Å². The Morgan fingerprint density at radius 2 is 1.72 bits per heavy atom. The number of hydrogen-bond donors (Lipinski definition) is 1. The van der Waals surface area contributed by atoms with Gasteiger partial charge in [-0.1, -0.05) is 67.6 Å². The normalized spacial score (nSPS) is 25.0. The molecule has 0 aromatic heterocycles. The van der Waals surface area contributed by atoms with Gasteiger partial charge in [0.25, 0.3) is 0 Å². The van der Waals surface area contributed by atoms with Gasteiger partial charge in [0.05, 0.1) is 11.5 Å². The standard InChI is InChI=1S/C22H27NO2/c1-3-19(18-12-8-5-9-13-18)20-21(24)23(15-14-22(20,2)25)16-17-10-6-4-7-11-17/h4-13,19-20,25H,3,14-16H2,1-2H3/t19-,20-,22+/m0/s1. The van der Waals surface area contributed by atoms with Crippen molar-refractivity contribution < 1.29 is 9.90 Å². The van der Waals surface area contributed by atoms with Crippen molar-refractivity contribution in [3.8, 4) is 0 Å². The minimum atomic E-state index is -0.971. The predicted molar refractivity (Wildman–Crippen MR) is 100 cm³/mol. The van der Waals surface area contributed by atoms with Crippen LogP contribution in [0.25, 0.3) is 0 Å². The van der Waals surface area contributed by atoms with Gasteiger partial charge in [0.2, 0.25) is 5.91 Å². The Morgan fingerprint density at radius 3 is 2.32 bits per heavy atom. The molecule has 0 aliphatic carbocycles. The zero-order valence-corrected chi connectivity index (χ0v) is 15.1. The fourth-order valence-corrected chi connectivity index (χ4v) is 4.02. The van der Waals surface area contributed by atoms with E-state index in [2.05, 4.69) is 19.1 Å². The van der Waals surface area contributed by atoms with Crippen LogP contribution in [0.4, 0.5) is 0 Å². The maximum atomic E-state index is 13.3. The molecule has 1 fully saturated rings. The van der Waals surface area contributed by atoms with Crippen LogP contribution in [0, 0.1) is 5.92 Å². The zero-order valence-electron chi connectivity index (χ0n) is 15.1. The van der Waals surface area contributed by atoms with E-state index in [1.54, 1.807) is 0 Å². The van der Waals surface area contributed by atoms with Gasteiger partial charge in [-0.3, -0.25) is 4.79 Å². The van der Waals surface area contributed by atoms with E-state index in [1.165, 1.54) is 0 Å². The molecule has 1 aliphatic heterocycles. The molecule has 0 saturated carbocycles. The second kappa shape index (κ2) is 7.40. The number of rotatable bonds is 5. The van der Waals surface area contributed by atoms with Gasteiger partial charge in [-0.25, -0.2) is 0 Å². The number of likely N-dealkylation sites (tertiary alicyclic amines) is 1. The highest BCUT2D eigenvalue weighted by atomic mass is 16.3. The molecule has 1 saturated heterocycles. The molecule has 3 nitrogen and oxygen atoms in total. The highest BCUT2D eigenvalue weighted by Crippen LogP contribution is 2.41. The summed E-state index contributed by atoms with van der Waals surface area (Å²) in [5.41, 5.74) is 1.29. The van der Waals surface area contributed by atoms with Crippen LogP contribution in [0.3, 0.4) is 0 Å². The molecule has 2 aromatic rings. The van der Waals surface area contributed by atoms with Gasteiger partial charge < -0.3 is 10.0 Å². The molecule has 3 atom stereocenters. The van der Waals surface area contributed by atoms with E-state index in [-0.39, 0.29) is 11.8 Å². The lowest BCUT2D eigenvalue weighted by atomic mass is 9.70. The number of hydrogen-bond acceptors (Lipinski definition) is 2. The van der Waals surface area contributed by atoms with E-state index < -0.39 is 11.5 Å². The van der Waals surface area contributed by atoms with E-state index in [0.717, 1.165) is 17.5 Å². The number of piperidine rings is 1. The van der Waals surface area contributed by atoms with Crippen LogP contribution in [-0.2, 0) is 11.3 Å². The fourth-order valence-electron chi connectivity index (χ4n) is 4.02. The molecule has 0 radical (unpaired) electrons. The largest absolute Gasteiger partial charge is 0.389 e. The molecule has 1 aliphatic rings. The third kappa shape index (κ3) is 3.77. The van der Waals surface area contributed by atoms with Gasteiger partial charge in [0.1, 0.15) is 0 Å². The van der Waals surface area contributed by atoms with Crippen molar-refractivity contribution in [3.05, 3.63) is 71.8 Å². The first-order valence-electron chi connectivity index (χ1n) is 9.13. The molecule has 1 N–H and O–H groups in total. The Kier molecular flexibility index (Phi) is 5.24. The molecule has 3 rings (SSSR count). The van der Waals surface area contributed by atoms with Crippen LogP contribution >= 0.6 is 0 Å². The van der Waals surface area contributed by atoms with Crippen molar-refractivity contribution in [2.75, 3.05) is 6.54 Å². The first-order chi connectivity index (χ1) is 12.0. The van der Waals surface area contributed by atoms with Crippen LogP contribution in [0.15, 0.2) is 60.7 Å². The van der Waals surface area contributed by atoms with Crippen molar-refractivity contribution in [1.29, 1.82) is 0 Å². The average molecular weight is 337 g/mol. The summed E-state index contributed by atoms with van der Waals surface area (Å²) in [5, 5.41) is 11.0. The van der Waals surface area contributed by atoms with Crippen molar-refractivity contribution in [1.82, 2.24) is 4.90 Å². The molecule has 25 heavy (non-hydrogen) atoms. The smallest absolute Gasteiger partial charge is 0.229 e. The second-order valence-corrected chi connectivity index (χ2v) is 7.26.